The second-order valence-corrected chi connectivity index (χ2v) is 5.41. The number of nitrogens with two attached hydrogens (primary N) is 1. The molecular formula is C15H23ClF2N2O2. The molecule has 1 aromatic rings. The fourth-order valence-corrected chi connectivity index (χ4v) is 1.84. The Bertz CT molecular complexity index is 485. The van der Waals surface area contributed by atoms with Crippen molar-refractivity contribution in [3.8, 4) is 5.75 Å². The van der Waals surface area contributed by atoms with E-state index in [4.69, 9.17) is 10.5 Å². The normalized spacial score (nSPS) is 12.0. The lowest BCUT2D eigenvalue weighted by atomic mass is 10.0. The lowest BCUT2D eigenvalue weighted by molar-refractivity contribution is -0.117. The van der Waals surface area contributed by atoms with Gasteiger partial charge >= 0.3 is 0 Å². The third-order valence-corrected chi connectivity index (χ3v) is 2.88. The molecule has 1 aromatic carbocycles. The van der Waals surface area contributed by atoms with Crippen molar-refractivity contribution in [3.05, 3.63) is 23.8 Å². The Balaban J connectivity index is 0.00000441. The molecule has 7 heteroatoms. The van der Waals surface area contributed by atoms with Gasteiger partial charge in [0.15, 0.2) is 0 Å². The zero-order chi connectivity index (χ0) is 16.0. The molecule has 0 aliphatic carbocycles. The van der Waals surface area contributed by atoms with Crippen LogP contribution in [-0.2, 0) is 4.79 Å². The first-order valence-electron chi connectivity index (χ1n) is 6.87. The number of rotatable bonds is 7. The van der Waals surface area contributed by atoms with Crippen LogP contribution >= 0.6 is 12.4 Å². The highest BCUT2D eigenvalue weighted by atomic mass is 35.5. The number of hydrogen-bond acceptors (Lipinski definition) is 3. The first-order chi connectivity index (χ1) is 9.79. The van der Waals surface area contributed by atoms with Crippen LogP contribution in [0.1, 0.15) is 25.8 Å². The molecule has 1 atom stereocenters. The molecule has 0 radical (unpaired) electrons. The first-order valence-corrected chi connectivity index (χ1v) is 6.87. The molecule has 0 spiro atoms. The van der Waals surface area contributed by atoms with Gasteiger partial charge in [-0.25, -0.2) is 8.78 Å². The second-order valence-electron chi connectivity index (χ2n) is 5.41. The Hall–Kier alpha value is -1.40. The molecule has 0 saturated heterocycles. The summed E-state index contributed by atoms with van der Waals surface area (Å²) in [4.78, 5) is 11.9. The monoisotopic (exact) mass is 336 g/mol. The summed E-state index contributed by atoms with van der Waals surface area (Å²) in [6.45, 7) is 5.03. The average molecular weight is 337 g/mol. The number of halogens is 3. The van der Waals surface area contributed by atoms with Crippen molar-refractivity contribution in [3.63, 3.8) is 0 Å². The fourth-order valence-electron chi connectivity index (χ4n) is 1.84. The van der Waals surface area contributed by atoms with Gasteiger partial charge in [-0.2, -0.15) is 0 Å². The van der Waals surface area contributed by atoms with Crippen molar-refractivity contribution in [1.82, 2.24) is 0 Å². The molecule has 3 N–H and O–H groups in total. The molecule has 0 aromatic heterocycles. The summed E-state index contributed by atoms with van der Waals surface area (Å²) in [6.07, 6.45) is -1.96. The van der Waals surface area contributed by atoms with Crippen molar-refractivity contribution in [2.75, 3.05) is 11.9 Å². The van der Waals surface area contributed by atoms with Crippen LogP contribution in [0.25, 0.3) is 0 Å². The van der Waals surface area contributed by atoms with Gasteiger partial charge in [0.05, 0.1) is 6.04 Å². The number of carbonyl (C=O) groups is 1. The highest BCUT2D eigenvalue weighted by Gasteiger charge is 2.15. The predicted molar refractivity (Wildman–Crippen MR) is 86.0 cm³/mol. The van der Waals surface area contributed by atoms with E-state index in [0.717, 1.165) is 5.56 Å². The van der Waals surface area contributed by atoms with E-state index in [1.54, 1.807) is 19.1 Å². The number of anilines is 1. The van der Waals surface area contributed by atoms with Crippen LogP contribution < -0.4 is 15.8 Å². The van der Waals surface area contributed by atoms with E-state index in [-0.39, 0.29) is 18.3 Å². The SMILES string of the molecule is Cc1ccc(NC(=O)[C@@H](N)CC(C)C)cc1OCC(F)F.Cl. The van der Waals surface area contributed by atoms with Crippen LogP contribution in [0.4, 0.5) is 14.5 Å². The summed E-state index contributed by atoms with van der Waals surface area (Å²) in [5.41, 5.74) is 6.99. The number of hydrogen-bond donors (Lipinski definition) is 2. The van der Waals surface area contributed by atoms with Crippen molar-refractivity contribution in [1.29, 1.82) is 0 Å². The molecule has 126 valence electrons. The lowest BCUT2D eigenvalue weighted by Crippen LogP contribution is -2.36. The number of amides is 1. The van der Waals surface area contributed by atoms with Gasteiger partial charge in [-0.15, -0.1) is 12.4 Å². The predicted octanol–water partition coefficient (Wildman–Crippen LogP) is 3.37. The molecular weight excluding hydrogens is 314 g/mol. The minimum absolute atomic E-state index is 0. The van der Waals surface area contributed by atoms with E-state index < -0.39 is 19.1 Å². The summed E-state index contributed by atoms with van der Waals surface area (Å²) < 4.78 is 29.4. The van der Waals surface area contributed by atoms with Crippen molar-refractivity contribution in [2.24, 2.45) is 11.7 Å². The van der Waals surface area contributed by atoms with Crippen LogP contribution in [-0.4, -0.2) is 25.0 Å². The number of nitrogens with one attached hydrogen (secondary N) is 1. The van der Waals surface area contributed by atoms with Gasteiger partial charge in [-0.1, -0.05) is 19.9 Å². The third-order valence-electron chi connectivity index (χ3n) is 2.88. The Morgan fingerprint density at radius 1 is 1.36 bits per heavy atom. The van der Waals surface area contributed by atoms with Crippen LogP contribution in [0.15, 0.2) is 18.2 Å². The second kappa shape index (κ2) is 9.58. The van der Waals surface area contributed by atoms with Gasteiger partial charge in [0.2, 0.25) is 5.91 Å². The van der Waals surface area contributed by atoms with E-state index in [9.17, 15) is 13.6 Å². The number of carbonyl (C=O) groups excluding carboxylic acids is 1. The van der Waals surface area contributed by atoms with Crippen molar-refractivity contribution < 1.29 is 18.3 Å². The van der Waals surface area contributed by atoms with Gasteiger partial charge in [0.1, 0.15) is 12.4 Å². The average Bonchev–Trinajstić information content (AvgIpc) is 2.38. The Kier molecular flexibility index (Phi) is 8.97. The van der Waals surface area contributed by atoms with E-state index >= 15 is 0 Å². The van der Waals surface area contributed by atoms with Crippen LogP contribution in [0.5, 0.6) is 5.75 Å². The van der Waals surface area contributed by atoms with Crippen LogP contribution in [0.3, 0.4) is 0 Å². The van der Waals surface area contributed by atoms with Crippen LogP contribution in [0, 0.1) is 12.8 Å². The summed E-state index contributed by atoms with van der Waals surface area (Å²) in [5, 5.41) is 2.67. The van der Waals surface area contributed by atoms with E-state index in [0.29, 0.717) is 23.8 Å². The maximum absolute atomic E-state index is 12.2. The van der Waals surface area contributed by atoms with E-state index in [1.165, 1.54) is 6.07 Å². The molecule has 0 heterocycles. The van der Waals surface area contributed by atoms with Crippen molar-refractivity contribution >= 4 is 24.0 Å². The summed E-state index contributed by atoms with van der Waals surface area (Å²) in [7, 11) is 0. The topological polar surface area (TPSA) is 64.4 Å². The Morgan fingerprint density at radius 2 is 2.00 bits per heavy atom. The number of benzene rings is 1. The number of aryl methyl sites for hydroxylation is 1. The first kappa shape index (κ1) is 20.6. The molecule has 0 bridgehead atoms. The third kappa shape index (κ3) is 7.04. The summed E-state index contributed by atoms with van der Waals surface area (Å²) >= 11 is 0. The zero-order valence-electron chi connectivity index (χ0n) is 12.9. The molecule has 0 saturated carbocycles. The maximum Gasteiger partial charge on any atom is 0.272 e. The number of alkyl halides is 2. The molecule has 0 unspecified atom stereocenters. The van der Waals surface area contributed by atoms with Gasteiger partial charge in [-0.3, -0.25) is 4.79 Å². The molecule has 0 aliphatic heterocycles. The van der Waals surface area contributed by atoms with Gasteiger partial charge in [0, 0.05) is 11.8 Å². The summed E-state index contributed by atoms with van der Waals surface area (Å²) in [6, 6.07) is 4.31. The van der Waals surface area contributed by atoms with E-state index in [2.05, 4.69) is 5.32 Å². The van der Waals surface area contributed by atoms with Gasteiger partial charge in [-0.05, 0) is 30.9 Å². The number of ether oxygens (including phenoxy) is 1. The standard InChI is InChI=1S/C15H22F2N2O2.ClH/c1-9(2)6-12(18)15(20)19-11-5-4-10(3)13(7-11)21-8-14(16)17;/h4-5,7,9,12,14H,6,8,18H2,1-3H3,(H,19,20);1H/t12-;/m0./s1. The minimum Gasteiger partial charge on any atom is -0.487 e. The smallest absolute Gasteiger partial charge is 0.272 e. The highest BCUT2D eigenvalue weighted by molar-refractivity contribution is 5.94. The Morgan fingerprint density at radius 3 is 2.55 bits per heavy atom. The van der Waals surface area contributed by atoms with Gasteiger partial charge in [0.25, 0.3) is 6.43 Å². The lowest BCUT2D eigenvalue weighted by Gasteiger charge is -2.15. The zero-order valence-corrected chi connectivity index (χ0v) is 13.8. The quantitative estimate of drug-likeness (QED) is 0.802. The molecule has 22 heavy (non-hydrogen) atoms. The molecule has 1 rings (SSSR count). The van der Waals surface area contributed by atoms with Gasteiger partial charge < -0.3 is 15.8 Å². The maximum atomic E-state index is 12.2. The largest absolute Gasteiger partial charge is 0.487 e. The molecule has 1 amide bonds. The summed E-state index contributed by atoms with van der Waals surface area (Å²) in [5.74, 6) is 0.339. The van der Waals surface area contributed by atoms with Crippen molar-refractivity contribution in [2.45, 2.75) is 39.7 Å². The van der Waals surface area contributed by atoms with E-state index in [1.807, 2.05) is 13.8 Å². The highest BCUT2D eigenvalue weighted by Crippen LogP contribution is 2.23. The Labute approximate surface area is 135 Å². The molecule has 0 aliphatic rings. The minimum atomic E-state index is -2.54. The van der Waals surface area contributed by atoms with Crippen LogP contribution in [0.2, 0.25) is 0 Å². The fraction of sp³-hybridized carbons (Fsp3) is 0.533. The molecule has 4 nitrogen and oxygen atoms in total. The molecule has 0 fully saturated rings.